The molecule has 0 saturated heterocycles. The van der Waals surface area contributed by atoms with E-state index in [9.17, 15) is 9.59 Å². The molecule has 0 saturated carbocycles. The third kappa shape index (κ3) is 4.34. The minimum atomic E-state index is -0.943. The maximum absolute atomic E-state index is 10.4. The largest absolute Gasteiger partial charge is 0.481 e. The van der Waals surface area contributed by atoms with Crippen LogP contribution in [-0.4, -0.2) is 17.0 Å². The molecule has 0 aliphatic rings. The maximum atomic E-state index is 10.4. The summed E-state index contributed by atoms with van der Waals surface area (Å²) in [5.41, 5.74) is 0. The number of carbonyl (C=O) groups is 1. The van der Waals surface area contributed by atoms with Gasteiger partial charge >= 0.3 is 5.97 Å². The Morgan fingerprint density at radius 3 is 2.73 bits per heavy atom. The van der Waals surface area contributed by atoms with Crippen molar-refractivity contribution in [3.8, 4) is 0 Å². The fourth-order valence-electron chi connectivity index (χ4n) is 0.784. The van der Waals surface area contributed by atoms with Crippen molar-refractivity contribution in [2.45, 2.75) is 26.2 Å². The Labute approximate surface area is 65.7 Å². The lowest BCUT2D eigenvalue weighted by Gasteiger charge is -2.02. The van der Waals surface area contributed by atoms with Gasteiger partial charge in [0.15, 0.2) is 0 Å². The van der Waals surface area contributed by atoms with Crippen molar-refractivity contribution in [1.82, 2.24) is 0 Å². The first-order valence-electron chi connectivity index (χ1n) is 3.66. The second kappa shape index (κ2) is 5.69. The first kappa shape index (κ1) is 9.92. The standard InChI is InChI=1S/C8H12O3/c1-2-3-4-7(5-6-9)8(10)11/h5,7H,2-4H2,1H3,(H,10,11). The molecule has 3 nitrogen and oxygen atoms in total. The second-order valence-corrected chi connectivity index (χ2v) is 2.37. The van der Waals surface area contributed by atoms with Crippen LogP contribution in [-0.2, 0) is 9.59 Å². The Kier molecular flexibility index (Phi) is 5.13. The molecule has 0 aromatic heterocycles. The Morgan fingerprint density at radius 1 is 1.73 bits per heavy atom. The van der Waals surface area contributed by atoms with Crippen LogP contribution in [0.2, 0.25) is 0 Å². The summed E-state index contributed by atoms with van der Waals surface area (Å²) in [6, 6.07) is 0. The second-order valence-electron chi connectivity index (χ2n) is 2.37. The highest BCUT2D eigenvalue weighted by molar-refractivity contribution is 5.74. The van der Waals surface area contributed by atoms with E-state index in [1.165, 1.54) is 5.94 Å². The van der Waals surface area contributed by atoms with Crippen LogP contribution in [0.25, 0.3) is 0 Å². The monoisotopic (exact) mass is 156 g/mol. The molecule has 0 radical (unpaired) electrons. The third-order valence-electron chi connectivity index (χ3n) is 1.46. The molecule has 0 aromatic rings. The van der Waals surface area contributed by atoms with E-state index >= 15 is 0 Å². The zero-order chi connectivity index (χ0) is 8.69. The number of hydrogen-bond donors (Lipinski definition) is 1. The maximum Gasteiger partial charge on any atom is 0.311 e. The van der Waals surface area contributed by atoms with Crippen LogP contribution in [0.3, 0.4) is 0 Å². The Morgan fingerprint density at radius 2 is 2.36 bits per heavy atom. The molecule has 1 unspecified atom stereocenters. The van der Waals surface area contributed by atoms with Gasteiger partial charge in [0.05, 0.1) is 5.92 Å². The smallest absolute Gasteiger partial charge is 0.311 e. The lowest BCUT2D eigenvalue weighted by atomic mass is 10.0. The molecule has 0 aromatic carbocycles. The SMILES string of the molecule is CCCCC(C=C=O)C(=O)O. The zero-order valence-electron chi connectivity index (χ0n) is 6.54. The number of carbonyl (C=O) groups excluding carboxylic acids is 1. The van der Waals surface area contributed by atoms with Crippen LogP contribution >= 0.6 is 0 Å². The average molecular weight is 156 g/mol. The molecule has 0 bridgehead atoms. The first-order valence-corrected chi connectivity index (χ1v) is 3.66. The lowest BCUT2D eigenvalue weighted by molar-refractivity contribution is -0.140. The van der Waals surface area contributed by atoms with Gasteiger partial charge in [0.1, 0.15) is 5.94 Å². The Hall–Kier alpha value is -1.08. The van der Waals surface area contributed by atoms with Crippen molar-refractivity contribution in [3.05, 3.63) is 6.08 Å². The van der Waals surface area contributed by atoms with Crippen molar-refractivity contribution < 1.29 is 14.7 Å². The molecule has 11 heavy (non-hydrogen) atoms. The minimum Gasteiger partial charge on any atom is -0.481 e. The quantitative estimate of drug-likeness (QED) is 0.610. The van der Waals surface area contributed by atoms with Gasteiger partial charge < -0.3 is 5.11 Å². The van der Waals surface area contributed by atoms with Crippen molar-refractivity contribution >= 4 is 11.9 Å². The van der Waals surface area contributed by atoms with Crippen LogP contribution in [0, 0.1) is 5.92 Å². The van der Waals surface area contributed by atoms with Crippen LogP contribution in [0.15, 0.2) is 6.08 Å². The van der Waals surface area contributed by atoms with Crippen molar-refractivity contribution in [2.75, 3.05) is 0 Å². The molecule has 0 spiro atoms. The van der Waals surface area contributed by atoms with E-state index in [2.05, 4.69) is 0 Å². The Bertz CT molecular complexity index is 166. The Balaban J connectivity index is 3.89. The lowest BCUT2D eigenvalue weighted by Crippen LogP contribution is -2.10. The summed E-state index contributed by atoms with van der Waals surface area (Å²) in [7, 11) is 0. The summed E-state index contributed by atoms with van der Waals surface area (Å²) in [4.78, 5) is 20.2. The summed E-state index contributed by atoms with van der Waals surface area (Å²) in [5.74, 6) is -0.0865. The molecule has 0 fully saturated rings. The summed E-state index contributed by atoms with van der Waals surface area (Å²) >= 11 is 0. The topological polar surface area (TPSA) is 54.4 Å². The van der Waals surface area contributed by atoms with Crippen LogP contribution in [0.5, 0.6) is 0 Å². The third-order valence-corrected chi connectivity index (χ3v) is 1.46. The number of rotatable bonds is 5. The van der Waals surface area contributed by atoms with Crippen molar-refractivity contribution in [3.63, 3.8) is 0 Å². The highest BCUT2D eigenvalue weighted by atomic mass is 16.4. The van der Waals surface area contributed by atoms with Gasteiger partial charge in [-0.15, -0.1) is 0 Å². The summed E-state index contributed by atoms with van der Waals surface area (Å²) in [5, 5.41) is 8.52. The molecule has 0 heterocycles. The van der Waals surface area contributed by atoms with E-state index in [1.807, 2.05) is 6.92 Å². The average Bonchev–Trinajstić information content (AvgIpc) is 1.97. The number of carboxylic acids is 1. The van der Waals surface area contributed by atoms with Crippen LogP contribution < -0.4 is 0 Å². The normalized spacial score (nSPS) is 11.7. The fraction of sp³-hybridized carbons (Fsp3) is 0.625. The van der Waals surface area contributed by atoms with Gasteiger partial charge in [-0.3, -0.25) is 4.79 Å². The highest BCUT2D eigenvalue weighted by Crippen LogP contribution is 2.08. The predicted octanol–water partition coefficient (Wildman–Crippen LogP) is 1.27. The number of hydrogen-bond acceptors (Lipinski definition) is 2. The van der Waals surface area contributed by atoms with E-state index < -0.39 is 11.9 Å². The van der Waals surface area contributed by atoms with Crippen molar-refractivity contribution in [1.29, 1.82) is 0 Å². The summed E-state index contributed by atoms with van der Waals surface area (Å²) in [6.45, 7) is 1.98. The molecule has 0 amide bonds. The van der Waals surface area contributed by atoms with E-state index in [1.54, 1.807) is 0 Å². The van der Waals surface area contributed by atoms with Gasteiger partial charge in [-0.2, -0.15) is 0 Å². The molecule has 0 aliphatic carbocycles. The number of carboxylic acid groups (broad SMARTS) is 1. The van der Waals surface area contributed by atoms with Crippen LogP contribution in [0.1, 0.15) is 26.2 Å². The van der Waals surface area contributed by atoms with Gasteiger partial charge in [0.2, 0.25) is 0 Å². The fourth-order valence-corrected chi connectivity index (χ4v) is 0.784. The predicted molar refractivity (Wildman–Crippen MR) is 40.9 cm³/mol. The van der Waals surface area contributed by atoms with Gasteiger partial charge in [-0.1, -0.05) is 19.8 Å². The van der Waals surface area contributed by atoms with Crippen LogP contribution in [0.4, 0.5) is 0 Å². The highest BCUT2D eigenvalue weighted by Gasteiger charge is 2.12. The van der Waals surface area contributed by atoms with Gasteiger partial charge in [-0.25, -0.2) is 4.79 Å². The van der Waals surface area contributed by atoms with E-state index in [4.69, 9.17) is 5.11 Å². The molecule has 62 valence electrons. The van der Waals surface area contributed by atoms with Crippen molar-refractivity contribution in [2.24, 2.45) is 5.92 Å². The summed E-state index contributed by atoms with van der Waals surface area (Å²) < 4.78 is 0. The van der Waals surface area contributed by atoms with Gasteiger partial charge in [-0.05, 0) is 6.42 Å². The van der Waals surface area contributed by atoms with Gasteiger partial charge in [0.25, 0.3) is 0 Å². The van der Waals surface area contributed by atoms with E-state index in [0.29, 0.717) is 6.42 Å². The molecule has 1 N–H and O–H groups in total. The number of aliphatic carboxylic acids is 1. The molecule has 1 atom stereocenters. The first-order chi connectivity index (χ1) is 5.22. The minimum absolute atomic E-state index is 0.529. The summed E-state index contributed by atoms with van der Waals surface area (Å²) in [6.07, 6.45) is 3.37. The van der Waals surface area contributed by atoms with E-state index in [0.717, 1.165) is 18.9 Å². The van der Waals surface area contributed by atoms with E-state index in [-0.39, 0.29) is 0 Å². The number of unbranched alkanes of at least 4 members (excludes halogenated alkanes) is 1. The molecular weight excluding hydrogens is 144 g/mol. The van der Waals surface area contributed by atoms with Gasteiger partial charge in [0, 0.05) is 6.08 Å². The molecule has 0 aliphatic heterocycles. The molecule has 3 heteroatoms. The zero-order valence-corrected chi connectivity index (χ0v) is 6.54. The molecular formula is C8H12O3. The molecule has 0 rings (SSSR count).